The van der Waals surface area contributed by atoms with E-state index in [4.69, 9.17) is 11.5 Å². The molecule has 0 fully saturated rings. The number of halogens is 10. The Labute approximate surface area is 157 Å². The summed E-state index contributed by atoms with van der Waals surface area (Å²) in [6.07, 6.45) is 0. The zero-order chi connectivity index (χ0) is 20.1. The average Bonchev–Trinajstić information content (AvgIpc) is 2.61. The van der Waals surface area contributed by atoms with Gasteiger partial charge < -0.3 is 11.5 Å². The Kier molecular flexibility index (Phi) is 6.00. The van der Waals surface area contributed by atoms with Gasteiger partial charge in [0.25, 0.3) is 0 Å². The van der Waals surface area contributed by atoms with Crippen molar-refractivity contribution >= 4 is 31.9 Å². The van der Waals surface area contributed by atoms with Gasteiger partial charge in [-0.15, -0.1) is 0 Å². The maximum atomic E-state index is 14.0. The molecule has 0 amide bonds. The van der Waals surface area contributed by atoms with Crippen molar-refractivity contribution in [3.63, 3.8) is 0 Å². The normalized spacial score (nSPS) is 13.8. The van der Waals surface area contributed by atoms with Gasteiger partial charge in [0.1, 0.15) is 0 Å². The molecule has 0 heterocycles. The minimum Gasteiger partial charge on any atom is -0.322 e. The highest BCUT2D eigenvalue weighted by atomic mass is 79.9. The summed E-state index contributed by atoms with van der Waals surface area (Å²) in [5.74, 6) is -15.5. The van der Waals surface area contributed by atoms with Gasteiger partial charge in [-0.1, -0.05) is 0 Å². The molecule has 0 aliphatic carbocycles. The van der Waals surface area contributed by atoms with Crippen LogP contribution in [0, 0.1) is 46.5 Å². The molecule has 2 rings (SSSR count). The summed E-state index contributed by atoms with van der Waals surface area (Å²) in [5.41, 5.74) is 7.81. The molecule has 0 radical (unpaired) electrons. The molecule has 0 spiro atoms. The highest BCUT2D eigenvalue weighted by Gasteiger charge is 2.35. The van der Waals surface area contributed by atoms with E-state index in [1.807, 2.05) is 0 Å². The van der Waals surface area contributed by atoms with E-state index in [9.17, 15) is 35.1 Å². The molecule has 2 atom stereocenters. The van der Waals surface area contributed by atoms with E-state index in [1.54, 1.807) is 0 Å². The van der Waals surface area contributed by atoms with E-state index in [1.165, 1.54) is 0 Å². The fraction of sp³-hybridized carbons (Fsp3) is 0.143. The molecule has 0 bridgehead atoms. The van der Waals surface area contributed by atoms with Crippen LogP contribution in [-0.4, -0.2) is 0 Å². The van der Waals surface area contributed by atoms with E-state index in [-0.39, 0.29) is 0 Å². The van der Waals surface area contributed by atoms with Crippen LogP contribution in [0.4, 0.5) is 35.1 Å². The van der Waals surface area contributed by atoms with E-state index in [2.05, 4.69) is 31.9 Å². The topological polar surface area (TPSA) is 52.0 Å². The highest BCUT2D eigenvalue weighted by Crippen LogP contribution is 2.38. The first kappa shape index (κ1) is 21.1. The van der Waals surface area contributed by atoms with Gasteiger partial charge in [-0.3, -0.25) is 0 Å². The lowest BCUT2D eigenvalue weighted by atomic mass is 9.92. The molecule has 2 unspecified atom stereocenters. The Morgan fingerprint density at radius 3 is 0.846 bits per heavy atom. The Balaban J connectivity index is 2.69. The van der Waals surface area contributed by atoms with Crippen LogP contribution in [0.2, 0.25) is 0 Å². The van der Waals surface area contributed by atoms with Crippen LogP contribution in [-0.2, 0) is 0 Å². The first-order chi connectivity index (χ1) is 11.9. The minimum absolute atomic E-state index is 1.19. The molecule has 0 aromatic heterocycles. The lowest BCUT2D eigenvalue weighted by molar-refractivity contribution is 0.385. The van der Waals surface area contributed by atoms with Crippen molar-refractivity contribution in [2.24, 2.45) is 11.5 Å². The van der Waals surface area contributed by atoms with E-state index in [0.29, 0.717) is 0 Å². The molecule has 0 saturated heterocycles. The molecule has 0 aliphatic heterocycles. The highest BCUT2D eigenvalue weighted by molar-refractivity contribution is 9.10. The number of rotatable bonds is 3. The van der Waals surface area contributed by atoms with Crippen LogP contribution in [0.15, 0.2) is 8.95 Å². The molecule has 2 aromatic rings. The van der Waals surface area contributed by atoms with Crippen molar-refractivity contribution < 1.29 is 35.1 Å². The third-order valence-electron chi connectivity index (χ3n) is 3.54. The minimum atomic E-state index is -2.30. The second-order valence-corrected chi connectivity index (χ2v) is 6.60. The van der Waals surface area contributed by atoms with Gasteiger partial charge in [0.2, 0.25) is 0 Å². The fourth-order valence-corrected chi connectivity index (χ4v) is 2.88. The van der Waals surface area contributed by atoms with Gasteiger partial charge in [0, 0.05) is 11.1 Å². The summed E-state index contributed by atoms with van der Waals surface area (Å²) in [6.45, 7) is 0. The molecule has 2 nitrogen and oxygen atoms in total. The lowest BCUT2D eigenvalue weighted by Crippen LogP contribution is -2.31. The second kappa shape index (κ2) is 7.41. The van der Waals surface area contributed by atoms with Crippen molar-refractivity contribution in [2.75, 3.05) is 0 Å². The van der Waals surface area contributed by atoms with Gasteiger partial charge in [-0.25, -0.2) is 35.1 Å². The summed E-state index contributed by atoms with van der Waals surface area (Å²) in [5, 5.41) is 0. The summed E-state index contributed by atoms with van der Waals surface area (Å²) >= 11 is 4.54. The summed E-state index contributed by atoms with van der Waals surface area (Å²) in [6, 6.07) is -4.59. The van der Waals surface area contributed by atoms with Gasteiger partial charge in [0.05, 0.1) is 21.0 Å². The quantitative estimate of drug-likeness (QED) is 0.344. The second-order valence-electron chi connectivity index (χ2n) is 5.02. The van der Waals surface area contributed by atoms with E-state index in [0.717, 1.165) is 0 Å². The molecular weight excluding hydrogens is 508 g/mol. The maximum Gasteiger partial charge on any atom is 0.176 e. The van der Waals surface area contributed by atoms with Crippen molar-refractivity contribution in [3.8, 4) is 0 Å². The van der Waals surface area contributed by atoms with Gasteiger partial charge in [0.15, 0.2) is 46.5 Å². The number of nitrogens with two attached hydrogens (primary N) is 2. The molecule has 4 N–H and O–H groups in total. The Morgan fingerprint density at radius 2 is 0.654 bits per heavy atom. The number of hydrogen-bond acceptors (Lipinski definition) is 2. The van der Waals surface area contributed by atoms with Crippen LogP contribution >= 0.6 is 31.9 Å². The molecule has 0 saturated carbocycles. The number of hydrogen-bond donors (Lipinski definition) is 2. The first-order valence-corrected chi connectivity index (χ1v) is 8.05. The van der Waals surface area contributed by atoms with Crippen molar-refractivity contribution in [2.45, 2.75) is 12.1 Å². The van der Waals surface area contributed by atoms with Gasteiger partial charge >= 0.3 is 0 Å². The van der Waals surface area contributed by atoms with Gasteiger partial charge in [-0.2, -0.15) is 0 Å². The molecular formula is C14H6Br2F8N2. The zero-order valence-corrected chi connectivity index (χ0v) is 15.3. The Bertz CT molecular complexity index is 774. The largest absolute Gasteiger partial charge is 0.322 e. The summed E-state index contributed by atoms with van der Waals surface area (Å²) in [7, 11) is 0. The first-order valence-electron chi connectivity index (χ1n) is 6.47. The van der Waals surface area contributed by atoms with E-state index >= 15 is 0 Å². The predicted octanol–water partition coefficient (Wildman–Crippen LogP) is 5.02. The molecule has 26 heavy (non-hydrogen) atoms. The smallest absolute Gasteiger partial charge is 0.176 e. The lowest BCUT2D eigenvalue weighted by Gasteiger charge is -2.23. The third kappa shape index (κ3) is 3.12. The van der Waals surface area contributed by atoms with E-state index < -0.39 is 78.7 Å². The summed E-state index contributed by atoms with van der Waals surface area (Å²) < 4.78 is 108. The van der Waals surface area contributed by atoms with Crippen molar-refractivity contribution in [3.05, 3.63) is 66.6 Å². The molecule has 2 aromatic carbocycles. The van der Waals surface area contributed by atoms with Crippen LogP contribution in [0.25, 0.3) is 0 Å². The van der Waals surface area contributed by atoms with Crippen molar-refractivity contribution in [1.82, 2.24) is 0 Å². The standard InChI is InChI=1S/C14H6Br2F8N2/c15-3-9(21)5(17)1(6(18)10(3)22)13(25)14(26)2-7(19)11(23)4(16)12(24)8(2)20/h13-14H,25-26H2. The predicted molar refractivity (Wildman–Crippen MR) is 81.8 cm³/mol. The molecule has 12 heteroatoms. The maximum absolute atomic E-state index is 14.0. The van der Waals surface area contributed by atoms with Gasteiger partial charge in [-0.05, 0) is 31.9 Å². The molecule has 142 valence electrons. The zero-order valence-electron chi connectivity index (χ0n) is 12.1. The number of benzene rings is 2. The Morgan fingerprint density at radius 1 is 0.462 bits per heavy atom. The Hall–Kier alpha value is -1.24. The SMILES string of the molecule is NC(c1c(F)c(F)c(Br)c(F)c1F)C(N)c1c(F)c(F)c(Br)c(F)c1F. The van der Waals surface area contributed by atoms with Crippen LogP contribution < -0.4 is 11.5 Å². The molecule has 0 aliphatic rings. The summed E-state index contributed by atoms with van der Waals surface area (Å²) in [4.78, 5) is 0. The average molecular weight is 514 g/mol. The van der Waals surface area contributed by atoms with Crippen LogP contribution in [0.3, 0.4) is 0 Å². The third-order valence-corrected chi connectivity index (χ3v) is 4.93. The van der Waals surface area contributed by atoms with Crippen LogP contribution in [0.5, 0.6) is 0 Å². The fourth-order valence-electron chi connectivity index (χ4n) is 2.19. The monoisotopic (exact) mass is 512 g/mol. The van der Waals surface area contributed by atoms with Crippen molar-refractivity contribution in [1.29, 1.82) is 0 Å². The van der Waals surface area contributed by atoms with Crippen LogP contribution in [0.1, 0.15) is 23.2 Å².